The second-order valence-electron chi connectivity index (χ2n) is 8.05. The molecule has 1 saturated heterocycles. The maximum absolute atomic E-state index is 12.8. The lowest BCUT2D eigenvalue weighted by atomic mass is 9.95. The van der Waals surface area contributed by atoms with Crippen LogP contribution in [0.5, 0.6) is 0 Å². The van der Waals surface area contributed by atoms with E-state index in [2.05, 4.69) is 42.2 Å². The molecule has 4 rings (SSSR count). The topological polar surface area (TPSA) is 20.3 Å². The lowest BCUT2D eigenvalue weighted by Crippen LogP contribution is -2.30. The van der Waals surface area contributed by atoms with Crippen molar-refractivity contribution in [2.75, 3.05) is 13.1 Å². The van der Waals surface area contributed by atoms with E-state index in [1.165, 1.54) is 24.0 Å². The molecule has 1 aliphatic carbocycles. The Bertz CT molecular complexity index is 744. The summed E-state index contributed by atoms with van der Waals surface area (Å²) in [4.78, 5) is 14.9. The first-order valence-corrected chi connectivity index (χ1v) is 10.1. The van der Waals surface area contributed by atoms with E-state index in [1.807, 2.05) is 24.3 Å². The number of hydrogen-bond acceptors (Lipinski definition) is 1. The molecule has 1 heterocycles. The fraction of sp³-hybridized carbons (Fsp3) is 0.435. The van der Waals surface area contributed by atoms with Gasteiger partial charge in [-0.3, -0.25) is 4.79 Å². The average molecular weight is 368 g/mol. The molecule has 3 heteroatoms. The minimum absolute atomic E-state index is 0.234. The van der Waals surface area contributed by atoms with Crippen molar-refractivity contribution in [3.8, 4) is 0 Å². The number of amides is 1. The van der Waals surface area contributed by atoms with Gasteiger partial charge in [0.1, 0.15) is 0 Å². The number of carbonyl (C=O) groups excluding carboxylic acids is 1. The molecule has 136 valence electrons. The number of nitrogens with zero attached hydrogens (tertiary/aromatic N) is 1. The largest absolute Gasteiger partial charge is 0.342 e. The van der Waals surface area contributed by atoms with Crippen molar-refractivity contribution >= 4 is 17.5 Å². The molecule has 2 aromatic carbocycles. The molecule has 26 heavy (non-hydrogen) atoms. The van der Waals surface area contributed by atoms with E-state index in [0.717, 1.165) is 18.1 Å². The predicted octanol–water partition coefficient (Wildman–Crippen LogP) is 5.49. The molecule has 0 radical (unpaired) electrons. The average Bonchev–Trinajstić information content (AvgIpc) is 3.22. The molecule has 2 nitrogen and oxygen atoms in total. The van der Waals surface area contributed by atoms with E-state index in [4.69, 9.17) is 11.6 Å². The number of benzene rings is 2. The van der Waals surface area contributed by atoms with Crippen LogP contribution < -0.4 is 0 Å². The molecule has 0 aromatic heterocycles. The van der Waals surface area contributed by atoms with Gasteiger partial charge in [-0.15, -0.1) is 0 Å². The van der Waals surface area contributed by atoms with E-state index in [-0.39, 0.29) is 5.92 Å². The van der Waals surface area contributed by atoms with Crippen LogP contribution >= 0.6 is 11.6 Å². The first kappa shape index (κ1) is 17.6. The van der Waals surface area contributed by atoms with Crippen LogP contribution in [0.15, 0.2) is 54.6 Å². The molecule has 2 fully saturated rings. The zero-order valence-corrected chi connectivity index (χ0v) is 16.0. The second kappa shape index (κ2) is 7.44. The Morgan fingerprint density at radius 1 is 1.04 bits per heavy atom. The smallest absolute Gasteiger partial charge is 0.223 e. The van der Waals surface area contributed by atoms with Crippen LogP contribution in [0.4, 0.5) is 0 Å². The molecular weight excluding hydrogens is 342 g/mol. The van der Waals surface area contributed by atoms with Crippen LogP contribution in [-0.4, -0.2) is 23.9 Å². The minimum atomic E-state index is 0.234. The number of hydrogen-bond donors (Lipinski definition) is 0. The number of carbonyl (C=O) groups is 1. The molecule has 4 atom stereocenters. The van der Waals surface area contributed by atoms with Crippen LogP contribution in [-0.2, 0) is 4.79 Å². The van der Waals surface area contributed by atoms with E-state index in [9.17, 15) is 4.79 Å². The van der Waals surface area contributed by atoms with Gasteiger partial charge in [-0.2, -0.15) is 0 Å². The van der Waals surface area contributed by atoms with Crippen molar-refractivity contribution in [3.05, 3.63) is 70.7 Å². The van der Waals surface area contributed by atoms with Gasteiger partial charge in [0.05, 0.1) is 0 Å². The summed E-state index contributed by atoms with van der Waals surface area (Å²) in [5.41, 5.74) is 2.66. The summed E-state index contributed by atoms with van der Waals surface area (Å²) < 4.78 is 0. The van der Waals surface area contributed by atoms with Gasteiger partial charge in [0, 0.05) is 24.5 Å². The van der Waals surface area contributed by atoms with Gasteiger partial charge in [-0.1, -0.05) is 61.0 Å². The molecule has 0 spiro atoms. The molecule has 0 bridgehead atoms. The third-order valence-electron chi connectivity index (χ3n) is 6.29. The van der Waals surface area contributed by atoms with Gasteiger partial charge < -0.3 is 4.90 Å². The van der Waals surface area contributed by atoms with Crippen LogP contribution in [0.3, 0.4) is 0 Å². The molecule has 0 N–H and O–H groups in total. The van der Waals surface area contributed by atoms with Crippen LogP contribution in [0.2, 0.25) is 5.02 Å². The molecule has 2 aliphatic rings. The van der Waals surface area contributed by atoms with Crippen molar-refractivity contribution in [2.24, 2.45) is 11.8 Å². The Hall–Kier alpha value is -1.80. The Kier molecular flexibility index (Phi) is 5.04. The summed E-state index contributed by atoms with van der Waals surface area (Å²) in [5, 5.41) is 0.743. The maximum atomic E-state index is 12.8. The third kappa shape index (κ3) is 3.66. The van der Waals surface area contributed by atoms with Crippen molar-refractivity contribution < 1.29 is 4.79 Å². The van der Waals surface area contributed by atoms with Crippen LogP contribution in [0.1, 0.15) is 49.1 Å². The Balaban J connectivity index is 1.32. The number of likely N-dealkylation sites (tertiary alicyclic amines) is 1. The van der Waals surface area contributed by atoms with Crippen molar-refractivity contribution in [1.82, 2.24) is 4.90 Å². The van der Waals surface area contributed by atoms with Gasteiger partial charge in [0.15, 0.2) is 0 Å². The van der Waals surface area contributed by atoms with Crippen LogP contribution in [0.25, 0.3) is 0 Å². The fourth-order valence-electron chi connectivity index (χ4n) is 4.80. The van der Waals surface area contributed by atoms with Gasteiger partial charge in [0.2, 0.25) is 5.91 Å². The highest BCUT2D eigenvalue weighted by atomic mass is 35.5. The number of fused-ring (bicyclic) bond motifs is 1. The highest BCUT2D eigenvalue weighted by Crippen LogP contribution is 2.46. The highest BCUT2D eigenvalue weighted by Gasteiger charge is 2.42. The Morgan fingerprint density at radius 3 is 2.27 bits per heavy atom. The molecule has 2 aromatic rings. The van der Waals surface area contributed by atoms with Crippen LogP contribution in [0, 0.1) is 11.8 Å². The quantitative estimate of drug-likeness (QED) is 0.700. The summed E-state index contributed by atoms with van der Waals surface area (Å²) in [6, 6.07) is 18.7. The summed E-state index contributed by atoms with van der Waals surface area (Å²) in [7, 11) is 0. The summed E-state index contributed by atoms with van der Waals surface area (Å²) in [6.45, 7) is 4.02. The molecule has 1 unspecified atom stereocenters. The van der Waals surface area contributed by atoms with Crippen molar-refractivity contribution in [3.63, 3.8) is 0 Å². The Labute approximate surface area is 161 Å². The number of rotatable bonds is 4. The van der Waals surface area contributed by atoms with E-state index < -0.39 is 0 Å². The van der Waals surface area contributed by atoms with E-state index in [1.54, 1.807) is 0 Å². The van der Waals surface area contributed by atoms with Crippen molar-refractivity contribution in [2.45, 2.75) is 38.0 Å². The molecule has 1 saturated carbocycles. The van der Waals surface area contributed by atoms with Gasteiger partial charge in [-0.05, 0) is 59.8 Å². The lowest BCUT2D eigenvalue weighted by Gasteiger charge is -2.21. The maximum Gasteiger partial charge on any atom is 0.223 e. The normalized spacial score (nSPS) is 25.9. The predicted molar refractivity (Wildman–Crippen MR) is 106 cm³/mol. The van der Waals surface area contributed by atoms with E-state index in [0.29, 0.717) is 30.1 Å². The zero-order chi connectivity index (χ0) is 18.1. The zero-order valence-electron chi connectivity index (χ0n) is 15.3. The molecule has 1 amide bonds. The monoisotopic (exact) mass is 367 g/mol. The first-order chi connectivity index (χ1) is 12.6. The van der Waals surface area contributed by atoms with Gasteiger partial charge in [0.25, 0.3) is 0 Å². The molecule has 1 aliphatic heterocycles. The second-order valence-corrected chi connectivity index (χ2v) is 8.49. The van der Waals surface area contributed by atoms with Gasteiger partial charge in [-0.25, -0.2) is 0 Å². The minimum Gasteiger partial charge on any atom is -0.342 e. The summed E-state index contributed by atoms with van der Waals surface area (Å²) >= 11 is 5.96. The highest BCUT2D eigenvalue weighted by molar-refractivity contribution is 6.30. The van der Waals surface area contributed by atoms with Crippen molar-refractivity contribution in [1.29, 1.82) is 0 Å². The SMILES string of the molecule is C[C@@H](CC(=O)N1C[C@H]2CC(c3ccccc3)C[C@H]2C1)c1ccc(Cl)cc1. The summed E-state index contributed by atoms with van der Waals surface area (Å²) in [6.07, 6.45) is 3.04. The fourth-order valence-corrected chi connectivity index (χ4v) is 4.93. The standard InChI is InChI=1S/C23H26ClNO/c1-16(17-7-9-22(24)10-8-17)11-23(26)25-14-20-12-19(13-21(20)15-25)18-5-3-2-4-6-18/h2-10,16,19-21H,11-15H2,1H3/t16-,19?,20-,21+/m0/s1. The number of halogens is 1. The van der Waals surface area contributed by atoms with E-state index >= 15 is 0 Å². The molecular formula is C23H26ClNO. The van der Waals surface area contributed by atoms with Gasteiger partial charge >= 0.3 is 0 Å². The lowest BCUT2D eigenvalue weighted by molar-refractivity contribution is -0.130. The first-order valence-electron chi connectivity index (χ1n) is 9.68. The third-order valence-corrected chi connectivity index (χ3v) is 6.55. The Morgan fingerprint density at radius 2 is 1.65 bits per heavy atom. The summed E-state index contributed by atoms with van der Waals surface area (Å²) in [5.74, 6) is 2.57.